The van der Waals surface area contributed by atoms with Gasteiger partial charge in [-0.15, -0.1) is 0 Å². The second kappa shape index (κ2) is 3.58. The topological polar surface area (TPSA) is 61.1 Å². The fourth-order valence-electron chi connectivity index (χ4n) is 0.992. The van der Waals surface area contributed by atoms with Crippen molar-refractivity contribution in [3.05, 3.63) is 27.7 Å². The number of nitrogens with zero attached hydrogens (tertiary/aromatic N) is 1. The molecule has 0 radical (unpaired) electrons. The first kappa shape index (κ1) is 9.75. The van der Waals surface area contributed by atoms with E-state index in [-0.39, 0.29) is 22.7 Å². The highest BCUT2D eigenvalue weighted by Gasteiger charge is 2.14. The number of hydrogen-bond donors (Lipinski definition) is 1. The lowest BCUT2D eigenvalue weighted by atomic mass is 10.1. The Labute approximate surface area is 83.7 Å². The molecule has 1 aromatic rings. The summed E-state index contributed by atoms with van der Waals surface area (Å²) in [5.74, 6) is -0.536. The number of hydrogen-bond acceptors (Lipinski definition) is 3. The summed E-state index contributed by atoms with van der Waals surface area (Å²) in [6.45, 7) is 1.33. The summed E-state index contributed by atoms with van der Waals surface area (Å²) in [7, 11) is 0. The first-order valence-corrected chi connectivity index (χ1v) is 4.29. The van der Waals surface area contributed by atoms with Gasteiger partial charge in [0.15, 0.2) is 5.78 Å². The number of carbonyl (C=O) groups excluding carboxylic acids is 1. The van der Waals surface area contributed by atoms with E-state index in [4.69, 9.17) is 5.26 Å². The van der Waals surface area contributed by atoms with Gasteiger partial charge in [-0.25, -0.2) is 0 Å². The van der Waals surface area contributed by atoms with Crippen LogP contribution in [0.1, 0.15) is 22.8 Å². The lowest BCUT2D eigenvalue weighted by Crippen LogP contribution is -1.96. The molecule has 1 aromatic carbocycles. The minimum atomic E-state index is -0.276. The first-order valence-electron chi connectivity index (χ1n) is 3.50. The number of rotatable bonds is 1. The number of phenols is 1. The Bertz CT molecular complexity index is 407. The van der Waals surface area contributed by atoms with Crippen molar-refractivity contribution in [2.75, 3.05) is 0 Å². The summed E-state index contributed by atoms with van der Waals surface area (Å²) in [6, 6.07) is 4.81. The van der Waals surface area contributed by atoms with Gasteiger partial charge in [0.05, 0.1) is 11.1 Å². The SMILES string of the molecule is CC(=O)c1c(Br)ccc(C#N)c1O. The smallest absolute Gasteiger partial charge is 0.164 e. The highest BCUT2D eigenvalue weighted by Crippen LogP contribution is 2.29. The predicted molar refractivity (Wildman–Crippen MR) is 50.5 cm³/mol. The summed E-state index contributed by atoms with van der Waals surface area (Å²) < 4.78 is 0.497. The van der Waals surface area contributed by atoms with Crippen LogP contribution in [0.25, 0.3) is 0 Å². The van der Waals surface area contributed by atoms with Crippen molar-refractivity contribution >= 4 is 21.7 Å². The van der Waals surface area contributed by atoms with Crippen molar-refractivity contribution < 1.29 is 9.90 Å². The first-order chi connectivity index (χ1) is 6.07. The highest BCUT2D eigenvalue weighted by molar-refractivity contribution is 9.10. The monoisotopic (exact) mass is 239 g/mol. The molecule has 0 aliphatic rings. The molecule has 0 spiro atoms. The van der Waals surface area contributed by atoms with Crippen LogP contribution in [0, 0.1) is 11.3 Å². The second-order valence-corrected chi connectivity index (χ2v) is 3.34. The summed E-state index contributed by atoms with van der Waals surface area (Å²) in [5, 5.41) is 18.0. The Kier molecular flexibility index (Phi) is 2.69. The van der Waals surface area contributed by atoms with Crippen LogP contribution in [0.5, 0.6) is 5.75 Å². The summed E-state index contributed by atoms with van der Waals surface area (Å²) in [4.78, 5) is 11.1. The molecule has 0 fully saturated rings. The molecule has 0 aromatic heterocycles. The zero-order chi connectivity index (χ0) is 10.0. The zero-order valence-corrected chi connectivity index (χ0v) is 8.42. The van der Waals surface area contributed by atoms with E-state index in [1.54, 1.807) is 12.1 Å². The third-order valence-corrected chi connectivity index (χ3v) is 2.26. The van der Waals surface area contributed by atoms with Gasteiger partial charge < -0.3 is 5.11 Å². The van der Waals surface area contributed by atoms with E-state index in [0.717, 1.165) is 0 Å². The Morgan fingerprint density at radius 3 is 2.69 bits per heavy atom. The largest absolute Gasteiger partial charge is 0.506 e. The van der Waals surface area contributed by atoms with Crippen LogP contribution in [0.3, 0.4) is 0 Å². The standard InChI is InChI=1S/C9H6BrNO2/c1-5(12)8-7(10)3-2-6(4-11)9(8)13/h2-3,13H,1H3. The van der Waals surface area contributed by atoms with Gasteiger partial charge in [-0.1, -0.05) is 0 Å². The van der Waals surface area contributed by atoms with Gasteiger partial charge in [0, 0.05) is 4.47 Å². The number of Topliss-reactive ketones (excluding diaryl/α,β-unsaturated/α-hetero) is 1. The molecule has 0 heterocycles. The molecule has 0 bridgehead atoms. The second-order valence-electron chi connectivity index (χ2n) is 2.49. The van der Waals surface area contributed by atoms with Crippen molar-refractivity contribution in [2.24, 2.45) is 0 Å². The van der Waals surface area contributed by atoms with Gasteiger partial charge in [-0.2, -0.15) is 5.26 Å². The number of carbonyl (C=O) groups is 1. The minimum absolute atomic E-state index is 0.105. The molecule has 13 heavy (non-hydrogen) atoms. The Morgan fingerprint density at radius 2 is 2.23 bits per heavy atom. The third-order valence-electron chi connectivity index (χ3n) is 1.60. The highest BCUT2D eigenvalue weighted by atomic mass is 79.9. The maximum absolute atomic E-state index is 11.1. The fourth-order valence-corrected chi connectivity index (χ4v) is 1.59. The molecule has 0 amide bonds. The predicted octanol–water partition coefficient (Wildman–Crippen LogP) is 2.23. The average Bonchev–Trinajstić information content (AvgIpc) is 2.04. The lowest BCUT2D eigenvalue weighted by Gasteiger charge is -2.04. The normalized spacial score (nSPS) is 9.31. The van der Waals surface area contributed by atoms with Crippen LogP contribution >= 0.6 is 15.9 Å². The van der Waals surface area contributed by atoms with E-state index < -0.39 is 0 Å². The van der Waals surface area contributed by atoms with E-state index in [9.17, 15) is 9.90 Å². The number of nitriles is 1. The van der Waals surface area contributed by atoms with Crippen LogP contribution in [0.2, 0.25) is 0 Å². The number of halogens is 1. The van der Waals surface area contributed by atoms with E-state index in [0.29, 0.717) is 4.47 Å². The lowest BCUT2D eigenvalue weighted by molar-refractivity contribution is 0.101. The van der Waals surface area contributed by atoms with Gasteiger partial charge in [0.25, 0.3) is 0 Å². The molecular weight excluding hydrogens is 234 g/mol. The molecule has 1 rings (SSSR count). The Morgan fingerprint density at radius 1 is 1.62 bits per heavy atom. The van der Waals surface area contributed by atoms with Gasteiger partial charge in [0.2, 0.25) is 0 Å². The molecule has 0 saturated heterocycles. The fraction of sp³-hybridized carbons (Fsp3) is 0.111. The number of benzene rings is 1. The van der Waals surface area contributed by atoms with E-state index in [1.165, 1.54) is 13.0 Å². The molecule has 0 atom stereocenters. The molecule has 0 aliphatic heterocycles. The van der Waals surface area contributed by atoms with Gasteiger partial charge in [-0.05, 0) is 35.0 Å². The van der Waals surface area contributed by atoms with Crippen LogP contribution in [-0.2, 0) is 0 Å². The summed E-state index contributed by atoms with van der Waals surface area (Å²) >= 11 is 3.12. The van der Waals surface area contributed by atoms with Crippen molar-refractivity contribution in [3.8, 4) is 11.8 Å². The molecule has 4 heteroatoms. The summed E-state index contributed by atoms with van der Waals surface area (Å²) in [5.41, 5.74) is 0.257. The van der Waals surface area contributed by atoms with E-state index >= 15 is 0 Å². The van der Waals surface area contributed by atoms with Gasteiger partial charge in [0.1, 0.15) is 11.8 Å². The third kappa shape index (κ3) is 1.70. The molecule has 66 valence electrons. The average molecular weight is 240 g/mol. The Hall–Kier alpha value is -1.34. The van der Waals surface area contributed by atoms with Crippen molar-refractivity contribution in [3.63, 3.8) is 0 Å². The molecule has 0 saturated carbocycles. The minimum Gasteiger partial charge on any atom is -0.506 e. The summed E-state index contributed by atoms with van der Waals surface area (Å²) in [6.07, 6.45) is 0. The van der Waals surface area contributed by atoms with Crippen LogP contribution in [-0.4, -0.2) is 10.9 Å². The van der Waals surface area contributed by atoms with Crippen molar-refractivity contribution in [1.29, 1.82) is 5.26 Å². The van der Waals surface area contributed by atoms with Crippen molar-refractivity contribution in [2.45, 2.75) is 6.92 Å². The maximum atomic E-state index is 11.1. The number of phenolic OH excluding ortho intramolecular Hbond substituents is 1. The van der Waals surface area contributed by atoms with Gasteiger partial charge in [-0.3, -0.25) is 4.79 Å². The van der Waals surface area contributed by atoms with Crippen LogP contribution < -0.4 is 0 Å². The van der Waals surface area contributed by atoms with E-state index in [1.807, 2.05) is 0 Å². The molecule has 3 nitrogen and oxygen atoms in total. The molecule has 0 unspecified atom stereocenters. The number of ketones is 1. The molecular formula is C9H6BrNO2. The zero-order valence-electron chi connectivity index (χ0n) is 6.84. The quantitative estimate of drug-likeness (QED) is 0.765. The van der Waals surface area contributed by atoms with Crippen LogP contribution in [0.15, 0.2) is 16.6 Å². The Balaban J connectivity index is 3.50. The van der Waals surface area contributed by atoms with Gasteiger partial charge >= 0.3 is 0 Å². The van der Waals surface area contributed by atoms with Crippen molar-refractivity contribution in [1.82, 2.24) is 0 Å². The maximum Gasteiger partial charge on any atom is 0.164 e. The molecule has 1 N–H and O–H groups in total. The number of aromatic hydroxyl groups is 1. The van der Waals surface area contributed by atoms with E-state index in [2.05, 4.69) is 15.9 Å². The van der Waals surface area contributed by atoms with Crippen LogP contribution in [0.4, 0.5) is 0 Å². The molecule has 0 aliphatic carbocycles.